The van der Waals surface area contributed by atoms with Gasteiger partial charge in [0.25, 0.3) is 0 Å². The maximum absolute atomic E-state index is 5.11. The fraction of sp³-hybridized carbons (Fsp3) is 1.00. The highest BCUT2D eigenvalue weighted by molar-refractivity contribution is 9.09. The fourth-order valence-electron chi connectivity index (χ4n) is 0.390. The van der Waals surface area contributed by atoms with E-state index < -0.39 is 0 Å². The average molecular weight is 181 g/mol. The van der Waals surface area contributed by atoms with Gasteiger partial charge in [-0.05, 0) is 13.3 Å². The molecule has 0 rings (SSSR count). The molecular formula is C6H13BrO. The third-order valence-electron chi connectivity index (χ3n) is 0.864. The molecular weight excluding hydrogens is 168 g/mol. The molecule has 1 atom stereocenters. The first-order chi connectivity index (χ1) is 3.77. The Labute approximate surface area is 59.5 Å². The van der Waals surface area contributed by atoms with Crippen molar-refractivity contribution in [3.63, 3.8) is 0 Å². The molecule has 0 heterocycles. The second-order valence-corrected chi connectivity index (χ2v) is 3.33. The molecule has 0 aromatic rings. The van der Waals surface area contributed by atoms with Crippen LogP contribution < -0.4 is 0 Å². The molecule has 0 fully saturated rings. The van der Waals surface area contributed by atoms with E-state index in [0.717, 1.165) is 19.6 Å². The summed E-state index contributed by atoms with van der Waals surface area (Å²) in [5, 5.41) is 0. The molecule has 0 aromatic heterocycles. The fourth-order valence-corrected chi connectivity index (χ4v) is 0.577. The zero-order valence-corrected chi connectivity index (χ0v) is 7.07. The van der Waals surface area contributed by atoms with E-state index in [0.29, 0.717) is 4.83 Å². The van der Waals surface area contributed by atoms with Crippen LogP contribution in [0.5, 0.6) is 0 Å². The van der Waals surface area contributed by atoms with Gasteiger partial charge in [0.05, 0.1) is 0 Å². The van der Waals surface area contributed by atoms with Crippen LogP contribution in [0.25, 0.3) is 0 Å². The molecule has 0 aromatic carbocycles. The van der Waals surface area contributed by atoms with E-state index in [1.165, 1.54) is 0 Å². The van der Waals surface area contributed by atoms with Crippen LogP contribution in [0, 0.1) is 0 Å². The van der Waals surface area contributed by atoms with Gasteiger partial charge in [0.15, 0.2) is 0 Å². The van der Waals surface area contributed by atoms with Crippen LogP contribution in [0.2, 0.25) is 0 Å². The smallest absolute Gasteiger partial charge is 0.0476 e. The van der Waals surface area contributed by atoms with E-state index in [1.54, 1.807) is 0 Å². The normalized spacial score (nSPS) is 13.9. The zero-order chi connectivity index (χ0) is 6.41. The summed E-state index contributed by atoms with van der Waals surface area (Å²) in [4.78, 5) is 0.592. The van der Waals surface area contributed by atoms with Crippen molar-refractivity contribution in [2.75, 3.05) is 13.2 Å². The minimum absolute atomic E-state index is 0.592. The largest absolute Gasteiger partial charge is 0.382 e. The number of alkyl halides is 1. The van der Waals surface area contributed by atoms with Gasteiger partial charge in [-0.3, -0.25) is 0 Å². The van der Waals surface area contributed by atoms with E-state index >= 15 is 0 Å². The summed E-state index contributed by atoms with van der Waals surface area (Å²) < 4.78 is 5.11. The van der Waals surface area contributed by atoms with Gasteiger partial charge in [-0.15, -0.1) is 0 Å². The monoisotopic (exact) mass is 180 g/mol. The molecule has 50 valence electrons. The molecule has 1 unspecified atom stereocenters. The first-order valence-electron chi connectivity index (χ1n) is 2.99. The van der Waals surface area contributed by atoms with Crippen LogP contribution in [-0.2, 0) is 4.74 Å². The van der Waals surface area contributed by atoms with Crippen molar-refractivity contribution in [2.45, 2.75) is 25.1 Å². The minimum Gasteiger partial charge on any atom is -0.382 e. The maximum atomic E-state index is 5.11. The molecule has 0 saturated carbocycles. The Bertz CT molecular complexity index is 45.8. The van der Waals surface area contributed by atoms with Crippen molar-refractivity contribution in [1.82, 2.24) is 0 Å². The molecule has 0 aliphatic rings. The van der Waals surface area contributed by atoms with Crippen LogP contribution in [0.15, 0.2) is 0 Å². The Hall–Kier alpha value is 0.440. The molecule has 0 aliphatic carbocycles. The Morgan fingerprint density at radius 1 is 1.62 bits per heavy atom. The molecule has 0 radical (unpaired) electrons. The van der Waals surface area contributed by atoms with Crippen molar-refractivity contribution in [3.8, 4) is 0 Å². The summed E-state index contributed by atoms with van der Waals surface area (Å²) in [6.07, 6.45) is 1.10. The first kappa shape index (κ1) is 8.44. The second kappa shape index (κ2) is 5.57. The summed E-state index contributed by atoms with van der Waals surface area (Å²) in [5.74, 6) is 0. The average Bonchev–Trinajstić information content (AvgIpc) is 1.66. The molecule has 1 nitrogen and oxygen atoms in total. The van der Waals surface area contributed by atoms with Gasteiger partial charge in [-0.2, -0.15) is 0 Å². The molecule has 0 N–H and O–H groups in total. The van der Waals surface area contributed by atoms with Gasteiger partial charge in [-0.1, -0.05) is 22.9 Å². The molecule has 0 saturated heterocycles. The van der Waals surface area contributed by atoms with E-state index in [4.69, 9.17) is 4.74 Å². The summed E-state index contributed by atoms with van der Waals surface area (Å²) in [6, 6.07) is 0. The van der Waals surface area contributed by atoms with Crippen LogP contribution in [0.4, 0.5) is 0 Å². The highest BCUT2D eigenvalue weighted by Crippen LogP contribution is 2.01. The topological polar surface area (TPSA) is 9.23 Å². The number of hydrogen-bond donors (Lipinski definition) is 0. The zero-order valence-electron chi connectivity index (χ0n) is 5.48. The summed E-state index contributed by atoms with van der Waals surface area (Å²) in [6.45, 7) is 5.85. The quantitative estimate of drug-likeness (QED) is 0.477. The van der Waals surface area contributed by atoms with Crippen molar-refractivity contribution in [3.05, 3.63) is 0 Å². The molecule has 0 spiro atoms. The molecule has 2 heteroatoms. The number of ether oxygens (including phenoxy) is 1. The van der Waals surface area contributed by atoms with Crippen molar-refractivity contribution in [1.29, 1.82) is 0 Å². The summed E-state index contributed by atoms with van der Waals surface area (Å²) in [7, 11) is 0. The lowest BCUT2D eigenvalue weighted by Crippen LogP contribution is -1.99. The first-order valence-corrected chi connectivity index (χ1v) is 3.90. The summed E-state index contributed by atoms with van der Waals surface area (Å²) in [5.41, 5.74) is 0. The Kier molecular flexibility index (Phi) is 5.88. The molecule has 8 heavy (non-hydrogen) atoms. The van der Waals surface area contributed by atoms with Crippen molar-refractivity contribution < 1.29 is 4.74 Å². The van der Waals surface area contributed by atoms with Crippen LogP contribution in [0.1, 0.15) is 20.3 Å². The van der Waals surface area contributed by atoms with E-state index in [2.05, 4.69) is 22.9 Å². The third kappa shape index (κ3) is 6.44. The lowest BCUT2D eigenvalue weighted by atomic mass is 10.4. The minimum atomic E-state index is 0.592. The Morgan fingerprint density at radius 2 is 2.25 bits per heavy atom. The van der Waals surface area contributed by atoms with Crippen LogP contribution in [0.3, 0.4) is 0 Å². The van der Waals surface area contributed by atoms with Crippen LogP contribution >= 0.6 is 15.9 Å². The Balaban J connectivity index is 2.72. The van der Waals surface area contributed by atoms with Gasteiger partial charge >= 0.3 is 0 Å². The highest BCUT2D eigenvalue weighted by atomic mass is 79.9. The standard InChI is InChI=1S/C6H13BrO/c1-3-8-5-4-6(2)7/h6H,3-5H2,1-2H3. The third-order valence-corrected chi connectivity index (χ3v) is 1.32. The summed E-state index contributed by atoms with van der Waals surface area (Å²) >= 11 is 3.42. The number of halogens is 1. The Morgan fingerprint density at radius 3 is 2.62 bits per heavy atom. The van der Waals surface area contributed by atoms with Gasteiger partial charge in [0.2, 0.25) is 0 Å². The van der Waals surface area contributed by atoms with E-state index in [-0.39, 0.29) is 0 Å². The maximum Gasteiger partial charge on any atom is 0.0476 e. The van der Waals surface area contributed by atoms with E-state index in [9.17, 15) is 0 Å². The number of hydrogen-bond acceptors (Lipinski definition) is 1. The van der Waals surface area contributed by atoms with Crippen LogP contribution in [-0.4, -0.2) is 18.0 Å². The molecule has 0 amide bonds. The van der Waals surface area contributed by atoms with E-state index in [1.807, 2.05) is 6.92 Å². The van der Waals surface area contributed by atoms with Gasteiger partial charge in [0.1, 0.15) is 0 Å². The van der Waals surface area contributed by atoms with Gasteiger partial charge in [-0.25, -0.2) is 0 Å². The SMILES string of the molecule is CCOCCC(C)Br. The second-order valence-electron chi connectivity index (χ2n) is 1.77. The van der Waals surface area contributed by atoms with Gasteiger partial charge in [0, 0.05) is 18.0 Å². The van der Waals surface area contributed by atoms with Crippen molar-refractivity contribution in [2.24, 2.45) is 0 Å². The lowest BCUT2D eigenvalue weighted by molar-refractivity contribution is 0.145. The number of rotatable bonds is 4. The van der Waals surface area contributed by atoms with Gasteiger partial charge < -0.3 is 4.74 Å². The highest BCUT2D eigenvalue weighted by Gasteiger charge is 1.92. The predicted octanol–water partition coefficient (Wildman–Crippen LogP) is 2.20. The lowest BCUT2D eigenvalue weighted by Gasteiger charge is -2.00. The van der Waals surface area contributed by atoms with Crippen molar-refractivity contribution >= 4 is 15.9 Å². The predicted molar refractivity (Wildman–Crippen MR) is 39.5 cm³/mol. The molecule has 0 aliphatic heterocycles. The molecule has 0 bridgehead atoms.